The lowest BCUT2D eigenvalue weighted by molar-refractivity contribution is -0.142. The van der Waals surface area contributed by atoms with Gasteiger partial charge in [-0.2, -0.15) is 23.3 Å². The lowest BCUT2D eigenvalue weighted by Crippen LogP contribution is -2.14. The van der Waals surface area contributed by atoms with Crippen LogP contribution in [0.3, 0.4) is 0 Å². The summed E-state index contributed by atoms with van der Waals surface area (Å²) < 4.78 is 45.0. The van der Waals surface area contributed by atoms with Crippen LogP contribution in [0, 0.1) is 6.92 Å². The Hall–Kier alpha value is -1.31. The summed E-state index contributed by atoms with van der Waals surface area (Å²) >= 11 is 3.17. The number of ether oxygens (including phenoxy) is 1. The standard InChI is InChI=1S/C10H9BrF3N3O/c1-3-18-7-4-6(10(12,13)14)17-9(15-7)8(11)5(2)16-17/h4H,3H2,1-2H3. The van der Waals surface area contributed by atoms with E-state index in [1.807, 2.05) is 0 Å². The first kappa shape index (κ1) is 13.1. The second kappa shape index (κ2) is 4.42. The molecule has 2 heterocycles. The maximum Gasteiger partial charge on any atom is 0.433 e. The lowest BCUT2D eigenvalue weighted by Gasteiger charge is -2.10. The predicted molar refractivity (Wildman–Crippen MR) is 61.6 cm³/mol. The number of hydrogen-bond donors (Lipinski definition) is 0. The Morgan fingerprint density at radius 1 is 1.44 bits per heavy atom. The average Bonchev–Trinajstić information content (AvgIpc) is 2.54. The Morgan fingerprint density at radius 3 is 2.67 bits per heavy atom. The van der Waals surface area contributed by atoms with E-state index < -0.39 is 11.9 Å². The van der Waals surface area contributed by atoms with Crippen LogP contribution in [0.1, 0.15) is 18.3 Å². The molecule has 0 aromatic carbocycles. The molecule has 0 aliphatic carbocycles. The molecule has 98 valence electrons. The molecule has 4 nitrogen and oxygen atoms in total. The van der Waals surface area contributed by atoms with Gasteiger partial charge in [-0.3, -0.25) is 0 Å². The summed E-state index contributed by atoms with van der Waals surface area (Å²) in [5, 5.41) is 3.81. The molecule has 0 aliphatic rings. The Kier molecular flexibility index (Phi) is 3.22. The molecule has 2 aromatic heterocycles. The van der Waals surface area contributed by atoms with Gasteiger partial charge >= 0.3 is 6.18 Å². The number of hydrogen-bond acceptors (Lipinski definition) is 3. The summed E-state index contributed by atoms with van der Waals surface area (Å²) in [5.41, 5.74) is -0.392. The minimum atomic E-state index is -4.52. The number of nitrogens with zero attached hydrogens (tertiary/aromatic N) is 3. The Bertz CT molecular complexity index is 594. The van der Waals surface area contributed by atoms with Crippen molar-refractivity contribution >= 4 is 21.6 Å². The fourth-order valence-corrected chi connectivity index (χ4v) is 1.83. The molecule has 0 fully saturated rings. The van der Waals surface area contributed by atoms with Crippen molar-refractivity contribution in [1.29, 1.82) is 0 Å². The van der Waals surface area contributed by atoms with Gasteiger partial charge in [0.15, 0.2) is 11.3 Å². The SMILES string of the molecule is CCOc1cc(C(F)(F)F)n2nc(C)c(Br)c2n1. The normalized spacial score (nSPS) is 12.1. The molecule has 0 amide bonds. The van der Waals surface area contributed by atoms with Crippen LogP contribution in [0.4, 0.5) is 13.2 Å². The summed E-state index contributed by atoms with van der Waals surface area (Å²) in [4.78, 5) is 3.99. The van der Waals surface area contributed by atoms with Crippen LogP contribution in [-0.2, 0) is 6.18 Å². The number of alkyl halides is 3. The second-order valence-electron chi connectivity index (χ2n) is 3.55. The zero-order valence-corrected chi connectivity index (χ0v) is 11.1. The maximum atomic E-state index is 12.9. The van der Waals surface area contributed by atoms with Crippen molar-refractivity contribution < 1.29 is 17.9 Å². The van der Waals surface area contributed by atoms with Crippen LogP contribution in [-0.4, -0.2) is 21.2 Å². The van der Waals surface area contributed by atoms with Crippen molar-refractivity contribution in [3.63, 3.8) is 0 Å². The van der Waals surface area contributed by atoms with Gasteiger partial charge in [-0.1, -0.05) is 0 Å². The van der Waals surface area contributed by atoms with E-state index in [-0.39, 0.29) is 18.1 Å². The first-order chi connectivity index (χ1) is 8.34. The minimum absolute atomic E-state index is 0.0714. The van der Waals surface area contributed by atoms with Crippen molar-refractivity contribution in [3.8, 4) is 5.88 Å². The second-order valence-corrected chi connectivity index (χ2v) is 4.34. The third kappa shape index (κ3) is 2.16. The molecule has 0 spiro atoms. The summed E-state index contributed by atoms with van der Waals surface area (Å²) in [5.74, 6) is -0.0714. The molecule has 18 heavy (non-hydrogen) atoms. The van der Waals surface area contributed by atoms with Gasteiger partial charge in [0.05, 0.1) is 16.8 Å². The highest BCUT2D eigenvalue weighted by molar-refractivity contribution is 9.10. The average molecular weight is 324 g/mol. The third-order valence-corrected chi connectivity index (χ3v) is 3.18. The summed E-state index contributed by atoms with van der Waals surface area (Å²) in [6, 6.07) is 0.843. The highest BCUT2D eigenvalue weighted by Gasteiger charge is 2.36. The summed E-state index contributed by atoms with van der Waals surface area (Å²) in [6.07, 6.45) is -4.52. The van der Waals surface area contributed by atoms with Crippen LogP contribution < -0.4 is 4.74 Å². The molecule has 0 aliphatic heterocycles. The van der Waals surface area contributed by atoms with Crippen molar-refractivity contribution in [2.24, 2.45) is 0 Å². The van der Waals surface area contributed by atoms with Gasteiger partial charge in [0.1, 0.15) is 0 Å². The van der Waals surface area contributed by atoms with Crippen molar-refractivity contribution in [1.82, 2.24) is 14.6 Å². The summed E-state index contributed by atoms with van der Waals surface area (Å²) in [6.45, 7) is 3.51. The van der Waals surface area contributed by atoms with Gasteiger partial charge in [-0.25, -0.2) is 4.52 Å². The number of aromatic nitrogens is 3. The highest BCUT2D eigenvalue weighted by atomic mass is 79.9. The number of halogens is 4. The van der Waals surface area contributed by atoms with Crippen LogP contribution in [0.5, 0.6) is 5.88 Å². The molecule has 0 atom stereocenters. The molecular formula is C10H9BrF3N3O. The fraction of sp³-hybridized carbons (Fsp3) is 0.400. The smallest absolute Gasteiger partial charge is 0.433 e. The number of fused-ring (bicyclic) bond motifs is 1. The minimum Gasteiger partial charge on any atom is -0.478 e. The maximum absolute atomic E-state index is 12.9. The van der Waals surface area contributed by atoms with Crippen molar-refractivity contribution in [2.45, 2.75) is 20.0 Å². The lowest BCUT2D eigenvalue weighted by atomic mass is 10.4. The summed E-state index contributed by atoms with van der Waals surface area (Å²) in [7, 11) is 0. The van der Waals surface area contributed by atoms with Gasteiger partial charge in [-0.05, 0) is 29.8 Å². The van der Waals surface area contributed by atoms with E-state index in [1.54, 1.807) is 13.8 Å². The molecule has 0 saturated heterocycles. The van der Waals surface area contributed by atoms with E-state index in [1.165, 1.54) is 0 Å². The molecule has 0 unspecified atom stereocenters. The Labute approximate surface area is 109 Å². The number of aryl methyl sites for hydroxylation is 1. The van der Waals surface area contributed by atoms with Gasteiger partial charge in [0.25, 0.3) is 0 Å². The largest absolute Gasteiger partial charge is 0.478 e. The van der Waals surface area contributed by atoms with E-state index in [9.17, 15) is 13.2 Å². The van der Waals surface area contributed by atoms with Gasteiger partial charge < -0.3 is 4.74 Å². The van der Waals surface area contributed by atoms with E-state index in [0.717, 1.165) is 10.6 Å². The molecule has 0 N–H and O–H groups in total. The van der Waals surface area contributed by atoms with Crippen LogP contribution in [0.15, 0.2) is 10.5 Å². The zero-order valence-electron chi connectivity index (χ0n) is 9.55. The fourth-order valence-electron chi connectivity index (χ4n) is 1.50. The number of rotatable bonds is 2. The van der Waals surface area contributed by atoms with Crippen LogP contribution in [0.25, 0.3) is 5.65 Å². The first-order valence-electron chi connectivity index (χ1n) is 5.10. The van der Waals surface area contributed by atoms with Gasteiger partial charge in [0.2, 0.25) is 5.88 Å². The monoisotopic (exact) mass is 323 g/mol. The third-order valence-electron chi connectivity index (χ3n) is 2.25. The molecule has 0 bridgehead atoms. The molecule has 2 rings (SSSR count). The quantitative estimate of drug-likeness (QED) is 0.851. The molecule has 0 saturated carbocycles. The topological polar surface area (TPSA) is 39.4 Å². The van der Waals surface area contributed by atoms with E-state index in [4.69, 9.17) is 4.74 Å². The van der Waals surface area contributed by atoms with Gasteiger partial charge in [0, 0.05) is 6.07 Å². The van der Waals surface area contributed by atoms with E-state index in [2.05, 4.69) is 26.0 Å². The van der Waals surface area contributed by atoms with Gasteiger partial charge in [-0.15, -0.1) is 0 Å². The zero-order chi connectivity index (χ0) is 13.5. The van der Waals surface area contributed by atoms with E-state index >= 15 is 0 Å². The molecule has 2 aromatic rings. The first-order valence-corrected chi connectivity index (χ1v) is 5.89. The van der Waals surface area contributed by atoms with Crippen molar-refractivity contribution in [2.75, 3.05) is 6.61 Å². The molecule has 8 heteroatoms. The Morgan fingerprint density at radius 2 is 2.11 bits per heavy atom. The van der Waals surface area contributed by atoms with E-state index in [0.29, 0.717) is 10.2 Å². The highest BCUT2D eigenvalue weighted by Crippen LogP contribution is 2.33. The van der Waals surface area contributed by atoms with Crippen molar-refractivity contribution in [3.05, 3.63) is 21.9 Å². The molecular weight excluding hydrogens is 315 g/mol. The van der Waals surface area contributed by atoms with Crippen LogP contribution >= 0.6 is 15.9 Å². The van der Waals surface area contributed by atoms with Crippen LogP contribution in [0.2, 0.25) is 0 Å². The molecule has 0 radical (unpaired) electrons. The Balaban J connectivity index is 2.77. The predicted octanol–water partition coefficient (Wildman–Crippen LogP) is 3.22.